The zero-order valence-electron chi connectivity index (χ0n) is 7.91. The summed E-state index contributed by atoms with van der Waals surface area (Å²) in [5.41, 5.74) is 0. The highest BCUT2D eigenvalue weighted by atomic mass is 17.1. The van der Waals surface area contributed by atoms with Crippen LogP contribution >= 0.6 is 0 Å². The predicted molar refractivity (Wildman–Crippen MR) is 47.5 cm³/mol. The van der Waals surface area contributed by atoms with Gasteiger partial charge in [-0.25, -0.2) is 4.79 Å². The van der Waals surface area contributed by atoms with Crippen molar-refractivity contribution in [1.29, 1.82) is 0 Å². The van der Waals surface area contributed by atoms with Gasteiger partial charge in [-0.05, 0) is 25.9 Å². The third-order valence-electron chi connectivity index (χ3n) is 1.50. The highest BCUT2D eigenvalue weighted by Crippen LogP contribution is 1.86. The Labute approximate surface area is 78.0 Å². The lowest BCUT2D eigenvalue weighted by Gasteiger charge is -2.03. The van der Waals surface area contributed by atoms with Crippen LogP contribution in [0.3, 0.4) is 0 Å². The number of ether oxygens (including phenoxy) is 1. The van der Waals surface area contributed by atoms with Gasteiger partial charge < -0.3 is 10.1 Å². The molecule has 0 aromatic heterocycles. The number of nitrogens with one attached hydrogen (secondary N) is 1. The average molecular weight is 191 g/mol. The quantitative estimate of drug-likeness (QED) is 0.275. The normalized spacial score (nSPS) is 9.69. The highest BCUT2D eigenvalue weighted by Gasteiger charge is 2.00. The molecule has 13 heavy (non-hydrogen) atoms. The zero-order valence-corrected chi connectivity index (χ0v) is 7.91. The molecule has 0 fully saturated rings. The monoisotopic (exact) mass is 191 g/mol. The molecule has 0 aliphatic carbocycles. The van der Waals surface area contributed by atoms with Gasteiger partial charge in [0, 0.05) is 0 Å². The van der Waals surface area contributed by atoms with Crippen LogP contribution in [-0.2, 0) is 9.62 Å². The van der Waals surface area contributed by atoms with Gasteiger partial charge in [-0.1, -0.05) is 13.3 Å². The zero-order chi connectivity index (χ0) is 9.94. The number of rotatable bonds is 7. The van der Waals surface area contributed by atoms with E-state index in [1.54, 1.807) is 0 Å². The van der Waals surface area contributed by atoms with Crippen molar-refractivity contribution in [2.45, 2.75) is 26.2 Å². The largest absolute Gasteiger partial charge is 0.540 e. The molecule has 0 rings (SSSR count). The smallest absolute Gasteiger partial charge is 0.432 e. The summed E-state index contributed by atoms with van der Waals surface area (Å²) in [6.07, 6.45) is 1.99. The number of carbonyl (C=O) groups is 1. The minimum Gasteiger partial charge on any atom is -0.432 e. The fourth-order valence-electron chi connectivity index (χ4n) is 0.806. The minimum absolute atomic E-state index is 0.262. The van der Waals surface area contributed by atoms with Crippen LogP contribution in [0, 0.1) is 0 Å². The van der Waals surface area contributed by atoms with E-state index in [1.165, 1.54) is 6.42 Å². The number of hydrogen-bond acceptors (Lipinski definition) is 5. The van der Waals surface area contributed by atoms with Gasteiger partial charge in [0.15, 0.2) is 0 Å². The Bertz CT molecular complexity index is 129. The molecule has 0 bridgehead atoms. The van der Waals surface area contributed by atoms with Crippen molar-refractivity contribution >= 4 is 6.16 Å². The Morgan fingerprint density at radius 1 is 1.38 bits per heavy atom. The van der Waals surface area contributed by atoms with Gasteiger partial charge in [0.1, 0.15) is 0 Å². The van der Waals surface area contributed by atoms with E-state index in [2.05, 4.69) is 21.9 Å². The topological polar surface area (TPSA) is 67.8 Å². The second-order valence-electron chi connectivity index (χ2n) is 2.65. The molecule has 0 amide bonds. The van der Waals surface area contributed by atoms with Gasteiger partial charge in [-0.3, -0.25) is 4.89 Å². The van der Waals surface area contributed by atoms with Gasteiger partial charge in [0.2, 0.25) is 0 Å². The molecule has 0 aromatic carbocycles. The molecule has 0 radical (unpaired) electrons. The van der Waals surface area contributed by atoms with E-state index in [4.69, 9.17) is 5.26 Å². The molecule has 0 aromatic rings. The molecule has 78 valence electrons. The first kappa shape index (κ1) is 12.2. The van der Waals surface area contributed by atoms with E-state index in [1.807, 2.05) is 0 Å². The standard InChI is InChI=1S/C8H17NO4/c1-2-3-5-9-6-4-7-12-8(10)13-11/h9,11H,2-7H2,1H3. The van der Waals surface area contributed by atoms with Crippen LogP contribution in [0.1, 0.15) is 26.2 Å². The molecule has 0 spiro atoms. The molecule has 0 unspecified atom stereocenters. The van der Waals surface area contributed by atoms with Crippen molar-refractivity contribution in [3.8, 4) is 0 Å². The Morgan fingerprint density at radius 3 is 2.69 bits per heavy atom. The summed E-state index contributed by atoms with van der Waals surface area (Å²) in [7, 11) is 0. The summed E-state index contributed by atoms with van der Waals surface area (Å²) in [5, 5.41) is 11.0. The molecular formula is C8H17NO4. The maximum absolute atomic E-state index is 10.2. The van der Waals surface area contributed by atoms with Crippen LogP contribution in [0.4, 0.5) is 4.79 Å². The van der Waals surface area contributed by atoms with Gasteiger partial charge in [-0.15, -0.1) is 0 Å². The summed E-state index contributed by atoms with van der Waals surface area (Å²) >= 11 is 0. The van der Waals surface area contributed by atoms with Gasteiger partial charge >= 0.3 is 6.16 Å². The van der Waals surface area contributed by atoms with Crippen molar-refractivity contribution in [1.82, 2.24) is 5.32 Å². The molecule has 2 N–H and O–H groups in total. The Hall–Kier alpha value is -0.810. The predicted octanol–water partition coefficient (Wildman–Crippen LogP) is 1.39. The van der Waals surface area contributed by atoms with Crippen molar-refractivity contribution in [2.24, 2.45) is 0 Å². The van der Waals surface area contributed by atoms with Crippen LogP contribution in [0.15, 0.2) is 0 Å². The Kier molecular flexibility index (Phi) is 8.70. The highest BCUT2D eigenvalue weighted by molar-refractivity contribution is 5.58. The first-order valence-electron chi connectivity index (χ1n) is 4.50. The molecule has 0 saturated heterocycles. The first-order chi connectivity index (χ1) is 6.31. The van der Waals surface area contributed by atoms with Gasteiger partial charge in [-0.2, -0.15) is 5.26 Å². The Balaban J connectivity index is 2.95. The Morgan fingerprint density at radius 2 is 2.08 bits per heavy atom. The van der Waals surface area contributed by atoms with E-state index in [0.717, 1.165) is 25.9 Å². The van der Waals surface area contributed by atoms with Gasteiger partial charge in [0.25, 0.3) is 0 Å². The second kappa shape index (κ2) is 9.28. The van der Waals surface area contributed by atoms with E-state index < -0.39 is 6.16 Å². The van der Waals surface area contributed by atoms with E-state index in [0.29, 0.717) is 0 Å². The summed E-state index contributed by atoms with van der Waals surface area (Å²) in [6.45, 7) is 4.18. The molecule has 0 aliphatic heterocycles. The molecule has 0 atom stereocenters. The third-order valence-corrected chi connectivity index (χ3v) is 1.50. The number of unbranched alkanes of at least 4 members (excludes halogenated alkanes) is 1. The molecule has 5 nitrogen and oxygen atoms in total. The average Bonchev–Trinajstić information content (AvgIpc) is 2.16. The fourth-order valence-corrected chi connectivity index (χ4v) is 0.806. The van der Waals surface area contributed by atoms with Crippen molar-refractivity contribution in [3.63, 3.8) is 0 Å². The summed E-state index contributed by atoms with van der Waals surface area (Å²) in [5.74, 6) is 0. The van der Waals surface area contributed by atoms with Crippen LogP contribution in [-0.4, -0.2) is 31.1 Å². The van der Waals surface area contributed by atoms with Crippen LogP contribution < -0.4 is 5.32 Å². The molecule has 0 aliphatic rings. The lowest BCUT2D eigenvalue weighted by atomic mass is 10.3. The summed E-state index contributed by atoms with van der Waals surface area (Å²) < 4.78 is 4.45. The molecule has 0 heterocycles. The minimum atomic E-state index is -1.05. The van der Waals surface area contributed by atoms with Gasteiger partial charge in [0.05, 0.1) is 6.61 Å². The second-order valence-corrected chi connectivity index (χ2v) is 2.65. The van der Waals surface area contributed by atoms with Crippen molar-refractivity contribution < 1.29 is 19.7 Å². The molecule has 5 heteroatoms. The summed E-state index contributed by atoms with van der Waals surface area (Å²) in [6, 6.07) is 0. The molecule has 0 saturated carbocycles. The maximum Gasteiger partial charge on any atom is 0.540 e. The third kappa shape index (κ3) is 9.10. The number of carbonyl (C=O) groups excluding carboxylic acids is 1. The maximum atomic E-state index is 10.2. The molecular weight excluding hydrogens is 174 g/mol. The van der Waals surface area contributed by atoms with E-state index >= 15 is 0 Å². The number of hydrogen-bond donors (Lipinski definition) is 2. The first-order valence-corrected chi connectivity index (χ1v) is 4.50. The van der Waals surface area contributed by atoms with Crippen molar-refractivity contribution in [2.75, 3.05) is 19.7 Å². The van der Waals surface area contributed by atoms with Crippen molar-refractivity contribution in [3.05, 3.63) is 0 Å². The van der Waals surface area contributed by atoms with E-state index in [9.17, 15) is 4.79 Å². The fraction of sp³-hybridized carbons (Fsp3) is 0.875. The van der Waals surface area contributed by atoms with Crippen LogP contribution in [0.2, 0.25) is 0 Å². The summed E-state index contributed by atoms with van der Waals surface area (Å²) in [4.78, 5) is 13.5. The van der Waals surface area contributed by atoms with Crippen LogP contribution in [0.5, 0.6) is 0 Å². The van der Waals surface area contributed by atoms with Crippen LogP contribution in [0.25, 0.3) is 0 Å². The lowest BCUT2D eigenvalue weighted by Crippen LogP contribution is -2.18. The van der Waals surface area contributed by atoms with E-state index in [-0.39, 0.29) is 6.61 Å². The SMILES string of the molecule is CCCCNCCCOC(=O)OO. The lowest BCUT2D eigenvalue weighted by molar-refractivity contribution is -0.200.